The Balaban J connectivity index is 3.25. The smallest absolute Gasteiger partial charge is 0.313 e. The molecule has 0 aliphatic heterocycles. The molecule has 0 aromatic carbocycles. The molecule has 0 heterocycles. The van der Waals surface area contributed by atoms with Crippen LogP contribution in [-0.2, 0) is 9.59 Å². The molecular formula is C8H15NO3S. The third-order valence-corrected chi connectivity index (χ3v) is 2.23. The highest BCUT2D eigenvalue weighted by molar-refractivity contribution is 8.00. The van der Waals surface area contributed by atoms with Crippen LogP contribution in [-0.4, -0.2) is 35.0 Å². The van der Waals surface area contributed by atoms with Gasteiger partial charge < -0.3 is 10.4 Å². The first kappa shape index (κ1) is 12.3. The number of carbonyl (C=O) groups is 2. The second-order valence-electron chi connectivity index (χ2n) is 2.59. The number of carboxylic acids is 1. The fourth-order valence-electron chi connectivity index (χ4n) is 0.687. The van der Waals surface area contributed by atoms with E-state index in [1.165, 1.54) is 0 Å². The molecule has 1 amide bonds. The third kappa shape index (κ3) is 9.20. The van der Waals surface area contributed by atoms with Crippen molar-refractivity contribution in [2.75, 3.05) is 18.1 Å². The van der Waals surface area contributed by atoms with E-state index in [1.807, 2.05) is 6.92 Å². The van der Waals surface area contributed by atoms with Crippen molar-refractivity contribution in [3.63, 3.8) is 0 Å². The first-order chi connectivity index (χ1) is 6.16. The largest absolute Gasteiger partial charge is 0.481 e. The lowest BCUT2D eigenvalue weighted by Crippen LogP contribution is -2.26. The Morgan fingerprint density at radius 1 is 1.38 bits per heavy atom. The quantitative estimate of drug-likeness (QED) is 0.601. The number of hydrogen-bond acceptors (Lipinski definition) is 3. The Labute approximate surface area is 82.1 Å². The number of unbranched alkanes of at least 4 members (excludes halogenated alkanes) is 1. The summed E-state index contributed by atoms with van der Waals surface area (Å²) in [5.74, 6) is -0.747. The highest BCUT2D eigenvalue weighted by Gasteiger charge is 2.02. The van der Waals surface area contributed by atoms with Gasteiger partial charge >= 0.3 is 5.97 Å². The van der Waals surface area contributed by atoms with Crippen LogP contribution in [0.15, 0.2) is 0 Å². The fourth-order valence-corrected chi connectivity index (χ4v) is 1.25. The number of aliphatic carboxylic acids is 1. The van der Waals surface area contributed by atoms with Crippen molar-refractivity contribution >= 4 is 23.6 Å². The van der Waals surface area contributed by atoms with Gasteiger partial charge in [-0.1, -0.05) is 13.3 Å². The molecule has 0 saturated heterocycles. The zero-order chi connectivity index (χ0) is 10.1. The maximum absolute atomic E-state index is 11.0. The zero-order valence-electron chi connectivity index (χ0n) is 7.71. The molecule has 0 fully saturated rings. The molecule has 0 bridgehead atoms. The van der Waals surface area contributed by atoms with Crippen molar-refractivity contribution in [1.29, 1.82) is 0 Å². The average Bonchev–Trinajstić information content (AvgIpc) is 2.04. The number of nitrogens with one attached hydrogen (secondary N) is 1. The minimum atomic E-state index is -0.883. The van der Waals surface area contributed by atoms with Crippen molar-refractivity contribution in [1.82, 2.24) is 5.32 Å². The number of carboxylic acid groups (broad SMARTS) is 1. The molecule has 0 aromatic heterocycles. The number of amides is 1. The van der Waals surface area contributed by atoms with E-state index >= 15 is 0 Å². The summed E-state index contributed by atoms with van der Waals surface area (Å²) in [6.07, 6.45) is 2.01. The highest BCUT2D eigenvalue weighted by atomic mass is 32.2. The lowest BCUT2D eigenvalue weighted by molar-refractivity contribution is -0.133. The van der Waals surface area contributed by atoms with Gasteiger partial charge in [-0.15, -0.1) is 11.8 Å². The van der Waals surface area contributed by atoms with E-state index in [4.69, 9.17) is 5.11 Å². The second kappa shape index (κ2) is 7.91. The van der Waals surface area contributed by atoms with Crippen LogP contribution in [0.3, 0.4) is 0 Å². The van der Waals surface area contributed by atoms with Gasteiger partial charge in [0.2, 0.25) is 5.91 Å². The highest BCUT2D eigenvalue weighted by Crippen LogP contribution is 1.97. The van der Waals surface area contributed by atoms with E-state index in [0.29, 0.717) is 6.54 Å². The normalized spacial score (nSPS) is 9.62. The Kier molecular flexibility index (Phi) is 7.48. The summed E-state index contributed by atoms with van der Waals surface area (Å²) in [7, 11) is 0. The average molecular weight is 205 g/mol. The van der Waals surface area contributed by atoms with Crippen molar-refractivity contribution in [2.24, 2.45) is 0 Å². The van der Waals surface area contributed by atoms with E-state index in [-0.39, 0.29) is 17.4 Å². The van der Waals surface area contributed by atoms with E-state index in [2.05, 4.69) is 5.32 Å². The second-order valence-corrected chi connectivity index (χ2v) is 3.58. The van der Waals surface area contributed by atoms with E-state index in [1.54, 1.807) is 0 Å². The van der Waals surface area contributed by atoms with Gasteiger partial charge in [0, 0.05) is 6.54 Å². The monoisotopic (exact) mass is 205 g/mol. The predicted molar refractivity (Wildman–Crippen MR) is 52.9 cm³/mol. The van der Waals surface area contributed by atoms with Crippen molar-refractivity contribution < 1.29 is 14.7 Å². The van der Waals surface area contributed by atoms with Gasteiger partial charge in [0.15, 0.2) is 0 Å². The van der Waals surface area contributed by atoms with Crippen LogP contribution >= 0.6 is 11.8 Å². The molecule has 2 N–H and O–H groups in total. The molecule has 4 nitrogen and oxygen atoms in total. The summed E-state index contributed by atoms with van der Waals surface area (Å²) in [5.41, 5.74) is 0. The Morgan fingerprint density at radius 2 is 2.08 bits per heavy atom. The molecule has 0 aliphatic carbocycles. The molecule has 0 atom stereocenters. The maximum atomic E-state index is 11.0. The lowest BCUT2D eigenvalue weighted by atomic mass is 10.3. The lowest BCUT2D eigenvalue weighted by Gasteiger charge is -2.02. The Hall–Kier alpha value is -0.710. The van der Waals surface area contributed by atoms with Crippen LogP contribution in [0.1, 0.15) is 19.8 Å². The van der Waals surface area contributed by atoms with E-state index < -0.39 is 5.97 Å². The van der Waals surface area contributed by atoms with E-state index in [0.717, 1.165) is 24.6 Å². The SMILES string of the molecule is CCCCNC(=O)CSCC(=O)O. The zero-order valence-corrected chi connectivity index (χ0v) is 8.52. The Morgan fingerprint density at radius 3 is 2.62 bits per heavy atom. The summed E-state index contributed by atoms with van der Waals surface area (Å²) >= 11 is 1.12. The summed E-state index contributed by atoms with van der Waals surface area (Å²) in [6.45, 7) is 2.73. The molecule has 0 rings (SSSR count). The summed E-state index contributed by atoms with van der Waals surface area (Å²) < 4.78 is 0. The van der Waals surface area contributed by atoms with Crippen LogP contribution in [0.4, 0.5) is 0 Å². The first-order valence-electron chi connectivity index (χ1n) is 4.23. The van der Waals surface area contributed by atoms with Crippen LogP contribution in [0.25, 0.3) is 0 Å². The molecule has 0 aliphatic rings. The first-order valence-corrected chi connectivity index (χ1v) is 5.38. The molecule has 0 radical (unpaired) electrons. The maximum Gasteiger partial charge on any atom is 0.313 e. The van der Waals surface area contributed by atoms with Crippen molar-refractivity contribution in [3.8, 4) is 0 Å². The molecule has 0 unspecified atom stereocenters. The van der Waals surface area contributed by atoms with Gasteiger partial charge in [0.05, 0.1) is 11.5 Å². The van der Waals surface area contributed by atoms with Gasteiger partial charge in [-0.25, -0.2) is 0 Å². The standard InChI is InChI=1S/C8H15NO3S/c1-2-3-4-9-7(10)5-13-6-8(11)12/h2-6H2,1H3,(H,9,10)(H,11,12). The number of thioether (sulfide) groups is 1. The number of carbonyl (C=O) groups excluding carboxylic acids is 1. The number of rotatable bonds is 7. The van der Waals surface area contributed by atoms with Gasteiger partial charge in [0.25, 0.3) is 0 Å². The third-order valence-electron chi connectivity index (χ3n) is 1.31. The molecule has 0 aromatic rings. The minimum Gasteiger partial charge on any atom is -0.481 e. The summed E-state index contributed by atoms with van der Waals surface area (Å²) in [5, 5.41) is 11.0. The molecule has 0 spiro atoms. The molecular weight excluding hydrogens is 190 g/mol. The minimum absolute atomic E-state index is 0.0127. The van der Waals surface area contributed by atoms with Gasteiger partial charge in [-0.2, -0.15) is 0 Å². The van der Waals surface area contributed by atoms with E-state index in [9.17, 15) is 9.59 Å². The summed E-state index contributed by atoms with van der Waals surface area (Å²) in [6, 6.07) is 0. The van der Waals surface area contributed by atoms with Crippen LogP contribution in [0.5, 0.6) is 0 Å². The van der Waals surface area contributed by atoms with Crippen LogP contribution in [0.2, 0.25) is 0 Å². The van der Waals surface area contributed by atoms with Gasteiger partial charge in [-0.3, -0.25) is 9.59 Å². The van der Waals surface area contributed by atoms with Gasteiger partial charge in [0.1, 0.15) is 0 Å². The fraction of sp³-hybridized carbons (Fsp3) is 0.750. The molecule has 76 valence electrons. The molecule has 13 heavy (non-hydrogen) atoms. The number of hydrogen-bond donors (Lipinski definition) is 2. The van der Waals surface area contributed by atoms with Crippen molar-refractivity contribution in [3.05, 3.63) is 0 Å². The molecule has 0 saturated carbocycles. The van der Waals surface area contributed by atoms with Gasteiger partial charge in [-0.05, 0) is 6.42 Å². The predicted octanol–water partition coefficient (Wildman–Crippen LogP) is 0.721. The Bertz CT molecular complexity index is 173. The van der Waals surface area contributed by atoms with Crippen molar-refractivity contribution in [2.45, 2.75) is 19.8 Å². The summed E-state index contributed by atoms with van der Waals surface area (Å²) in [4.78, 5) is 21.1. The van der Waals surface area contributed by atoms with Crippen LogP contribution < -0.4 is 5.32 Å². The van der Waals surface area contributed by atoms with Crippen LogP contribution in [0, 0.1) is 0 Å². The topological polar surface area (TPSA) is 66.4 Å². The molecule has 5 heteroatoms.